The Hall–Kier alpha value is -3.60. The lowest BCUT2D eigenvalue weighted by atomic mass is 9.99. The summed E-state index contributed by atoms with van der Waals surface area (Å²) in [6.45, 7) is 3.93. The van der Waals surface area contributed by atoms with Crippen LogP contribution in [0.1, 0.15) is 34.6 Å². The fourth-order valence-electron chi connectivity index (χ4n) is 3.57. The average Bonchev–Trinajstić information content (AvgIpc) is 3.18. The van der Waals surface area contributed by atoms with Crippen LogP contribution >= 0.6 is 0 Å². The van der Waals surface area contributed by atoms with Crippen molar-refractivity contribution in [2.45, 2.75) is 19.9 Å². The number of fused-ring (bicyclic) bond motifs is 1. The van der Waals surface area contributed by atoms with E-state index in [1.54, 1.807) is 25.6 Å². The van der Waals surface area contributed by atoms with E-state index < -0.39 is 0 Å². The number of ether oxygens (including phenoxy) is 1. The first-order chi connectivity index (χ1) is 14.1. The van der Waals surface area contributed by atoms with Gasteiger partial charge in [0.2, 0.25) is 0 Å². The maximum absolute atomic E-state index is 12.9. The number of amides is 1. The van der Waals surface area contributed by atoms with Gasteiger partial charge in [-0.2, -0.15) is 0 Å². The monoisotopic (exact) mass is 385 g/mol. The molecule has 1 unspecified atom stereocenters. The van der Waals surface area contributed by atoms with Crippen LogP contribution in [0.5, 0.6) is 5.75 Å². The molecule has 0 saturated carbocycles. The lowest BCUT2D eigenvalue weighted by Crippen LogP contribution is -2.26. The molecule has 0 aliphatic carbocycles. The number of aromatic nitrogens is 2. The predicted octanol–water partition coefficient (Wildman–Crippen LogP) is 4.83. The van der Waals surface area contributed by atoms with E-state index in [-0.39, 0.29) is 11.9 Å². The van der Waals surface area contributed by atoms with Crippen LogP contribution in [0.2, 0.25) is 0 Å². The minimum atomic E-state index is -0.142. The highest BCUT2D eigenvalue weighted by Gasteiger charge is 2.16. The fraction of sp³-hybridized carbons (Fsp3) is 0.167. The van der Waals surface area contributed by atoms with Gasteiger partial charge in [-0.05, 0) is 48.4 Å². The van der Waals surface area contributed by atoms with Crippen LogP contribution in [0.25, 0.3) is 16.5 Å². The second-order valence-corrected chi connectivity index (χ2v) is 7.07. The molecule has 4 aromatic rings. The van der Waals surface area contributed by atoms with Gasteiger partial charge in [0.1, 0.15) is 5.75 Å². The van der Waals surface area contributed by atoms with E-state index in [0.29, 0.717) is 11.3 Å². The molecule has 0 fully saturated rings. The van der Waals surface area contributed by atoms with Crippen LogP contribution in [0.15, 0.2) is 73.2 Å². The number of methoxy groups -OCH3 is 1. The van der Waals surface area contributed by atoms with Crippen molar-refractivity contribution in [3.8, 4) is 11.4 Å². The van der Waals surface area contributed by atoms with Gasteiger partial charge in [0.25, 0.3) is 5.91 Å². The van der Waals surface area contributed by atoms with Crippen molar-refractivity contribution in [3.05, 3.63) is 90.0 Å². The van der Waals surface area contributed by atoms with Crippen molar-refractivity contribution in [2.24, 2.45) is 0 Å². The van der Waals surface area contributed by atoms with E-state index in [1.165, 1.54) is 0 Å². The second kappa shape index (κ2) is 7.80. The van der Waals surface area contributed by atoms with Gasteiger partial charge in [-0.15, -0.1) is 0 Å². The van der Waals surface area contributed by atoms with Crippen molar-refractivity contribution < 1.29 is 9.53 Å². The summed E-state index contributed by atoms with van der Waals surface area (Å²) in [7, 11) is 1.60. The summed E-state index contributed by atoms with van der Waals surface area (Å²) in [4.78, 5) is 17.2. The number of hydrogen-bond donors (Lipinski definition) is 1. The van der Waals surface area contributed by atoms with Crippen molar-refractivity contribution >= 4 is 16.7 Å². The minimum absolute atomic E-state index is 0.129. The van der Waals surface area contributed by atoms with E-state index in [9.17, 15) is 4.79 Å². The molecule has 0 aliphatic rings. The third-order valence-electron chi connectivity index (χ3n) is 5.07. The first-order valence-corrected chi connectivity index (χ1v) is 9.54. The molecule has 0 saturated heterocycles. The smallest absolute Gasteiger partial charge is 0.251 e. The Labute approximate surface area is 170 Å². The van der Waals surface area contributed by atoms with E-state index in [0.717, 1.165) is 27.7 Å². The number of rotatable bonds is 5. The Morgan fingerprint density at radius 2 is 1.90 bits per heavy atom. The zero-order valence-electron chi connectivity index (χ0n) is 16.7. The normalized spacial score (nSPS) is 12.0. The largest absolute Gasteiger partial charge is 0.495 e. The third kappa shape index (κ3) is 3.72. The molecule has 4 rings (SSSR count). The summed E-state index contributed by atoms with van der Waals surface area (Å²) < 4.78 is 7.40. The quantitative estimate of drug-likeness (QED) is 0.535. The Balaban J connectivity index is 1.59. The summed E-state index contributed by atoms with van der Waals surface area (Å²) in [6, 6.07) is 19.7. The second-order valence-electron chi connectivity index (χ2n) is 7.07. The van der Waals surface area contributed by atoms with Crippen LogP contribution in [0, 0.1) is 6.92 Å². The van der Waals surface area contributed by atoms with E-state index in [2.05, 4.69) is 34.6 Å². The fourth-order valence-corrected chi connectivity index (χ4v) is 3.57. The van der Waals surface area contributed by atoms with E-state index in [4.69, 9.17) is 4.74 Å². The van der Waals surface area contributed by atoms with Gasteiger partial charge in [-0.1, -0.05) is 42.5 Å². The van der Waals surface area contributed by atoms with Gasteiger partial charge in [-0.3, -0.25) is 4.79 Å². The number of aryl methyl sites for hydroxylation is 1. The predicted molar refractivity (Wildman–Crippen MR) is 115 cm³/mol. The van der Waals surface area contributed by atoms with Gasteiger partial charge < -0.3 is 14.6 Å². The van der Waals surface area contributed by atoms with Crippen molar-refractivity contribution in [1.29, 1.82) is 0 Å². The van der Waals surface area contributed by atoms with Crippen LogP contribution < -0.4 is 10.1 Å². The van der Waals surface area contributed by atoms with Crippen molar-refractivity contribution in [3.63, 3.8) is 0 Å². The number of carbonyl (C=O) groups excluding carboxylic acids is 1. The molecule has 0 aliphatic heterocycles. The van der Waals surface area contributed by atoms with Gasteiger partial charge in [0.05, 0.1) is 30.9 Å². The lowest BCUT2D eigenvalue weighted by Gasteiger charge is -2.17. The van der Waals surface area contributed by atoms with Gasteiger partial charge >= 0.3 is 0 Å². The molecule has 0 spiro atoms. The molecule has 1 atom stereocenters. The molecule has 1 N–H and O–H groups in total. The number of imidazole rings is 1. The maximum Gasteiger partial charge on any atom is 0.251 e. The number of benzene rings is 3. The summed E-state index contributed by atoms with van der Waals surface area (Å²) in [5.74, 6) is 0.477. The average molecular weight is 385 g/mol. The minimum Gasteiger partial charge on any atom is -0.495 e. The molecule has 5 heteroatoms. The van der Waals surface area contributed by atoms with Gasteiger partial charge in [0.15, 0.2) is 0 Å². The van der Waals surface area contributed by atoms with Crippen LogP contribution in [0.3, 0.4) is 0 Å². The van der Waals surface area contributed by atoms with Crippen molar-refractivity contribution in [2.75, 3.05) is 7.11 Å². The first-order valence-electron chi connectivity index (χ1n) is 9.54. The molecule has 146 valence electrons. The van der Waals surface area contributed by atoms with Crippen LogP contribution in [0.4, 0.5) is 0 Å². The Bertz CT molecular complexity index is 1170. The molecule has 3 aromatic carbocycles. The highest BCUT2D eigenvalue weighted by molar-refractivity contribution is 5.96. The standard InChI is InChI=1S/C24H23N3O2/c1-16-14-27(15-25-16)22-12-11-19(13-23(22)29-3)24(28)26-17(2)20-10-6-8-18-7-4-5-9-21(18)20/h4-15,17H,1-3H3,(H,26,28). The Morgan fingerprint density at radius 3 is 2.66 bits per heavy atom. The lowest BCUT2D eigenvalue weighted by molar-refractivity contribution is 0.0940. The summed E-state index contributed by atoms with van der Waals surface area (Å²) >= 11 is 0. The zero-order chi connectivity index (χ0) is 20.4. The molecule has 1 aromatic heterocycles. The Morgan fingerprint density at radius 1 is 1.10 bits per heavy atom. The number of nitrogens with zero attached hydrogens (tertiary/aromatic N) is 2. The first kappa shape index (κ1) is 18.7. The molecule has 0 bridgehead atoms. The zero-order valence-corrected chi connectivity index (χ0v) is 16.7. The topological polar surface area (TPSA) is 56.1 Å². The van der Waals surface area contributed by atoms with Crippen LogP contribution in [-0.2, 0) is 0 Å². The summed E-state index contributed by atoms with van der Waals surface area (Å²) in [5, 5.41) is 5.41. The highest BCUT2D eigenvalue weighted by atomic mass is 16.5. The number of hydrogen-bond acceptors (Lipinski definition) is 3. The Kier molecular flexibility index (Phi) is 5.04. The molecule has 0 radical (unpaired) electrons. The van der Waals surface area contributed by atoms with E-state index >= 15 is 0 Å². The third-order valence-corrected chi connectivity index (χ3v) is 5.07. The molecule has 5 nitrogen and oxygen atoms in total. The van der Waals surface area contributed by atoms with Gasteiger partial charge in [0, 0.05) is 11.8 Å². The van der Waals surface area contributed by atoms with E-state index in [1.807, 2.05) is 48.9 Å². The molecule has 1 heterocycles. The summed E-state index contributed by atoms with van der Waals surface area (Å²) in [6.07, 6.45) is 3.65. The number of nitrogens with one attached hydrogen (secondary N) is 1. The van der Waals surface area contributed by atoms with Crippen molar-refractivity contribution in [1.82, 2.24) is 14.9 Å². The van der Waals surface area contributed by atoms with Crippen LogP contribution in [-0.4, -0.2) is 22.6 Å². The molecular formula is C24H23N3O2. The molecule has 1 amide bonds. The molecular weight excluding hydrogens is 362 g/mol. The number of carbonyl (C=O) groups is 1. The highest BCUT2D eigenvalue weighted by Crippen LogP contribution is 2.27. The molecule has 29 heavy (non-hydrogen) atoms. The SMILES string of the molecule is COc1cc(C(=O)NC(C)c2cccc3ccccc23)ccc1-n1cnc(C)c1. The summed E-state index contributed by atoms with van der Waals surface area (Å²) in [5.41, 5.74) is 3.40. The van der Waals surface area contributed by atoms with Gasteiger partial charge in [-0.25, -0.2) is 4.98 Å². The maximum atomic E-state index is 12.9.